The fourth-order valence-electron chi connectivity index (χ4n) is 10.4. The molecular weight excluding hydrogens is 1450 g/mol. The molecular formula is C62H106N30O18. The molecule has 48 nitrogen and oxygen atoms in total. The van der Waals surface area contributed by atoms with Crippen molar-refractivity contribution in [2.75, 3.05) is 32.7 Å². The van der Waals surface area contributed by atoms with E-state index >= 15 is 0 Å². The molecule has 11 atom stereocenters. The predicted octanol–water partition coefficient (Wildman–Crippen LogP) is -9.26. The summed E-state index contributed by atoms with van der Waals surface area (Å²) in [4.78, 5) is 205. The molecule has 0 saturated heterocycles. The van der Waals surface area contributed by atoms with Crippen molar-refractivity contribution in [2.24, 2.45) is 40.3 Å². The Labute approximate surface area is 630 Å². The molecule has 0 aromatic carbocycles. The lowest BCUT2D eigenvalue weighted by Crippen LogP contribution is -2.61. The van der Waals surface area contributed by atoms with Crippen LogP contribution in [-0.4, -0.2) is 252 Å². The number of imidazole rings is 2. The van der Waals surface area contributed by atoms with Crippen molar-refractivity contribution in [3.8, 4) is 0 Å². The van der Waals surface area contributed by atoms with Crippen molar-refractivity contribution in [1.82, 2.24) is 99.7 Å². The maximum absolute atomic E-state index is 14.7. The normalized spacial score (nSPS) is 13.9. The summed E-state index contributed by atoms with van der Waals surface area (Å²) >= 11 is 0. The SMILES string of the molecule is CC(C)C[C@H](NC(=O)[C@H](CCC(=O)O)NC(=O)[C@H](Cc1c[nH]cn1)NC(=O)[C@H](CC(=O)O)NC(=O)[C@H](CCCNC(=N)N)NC(=O)[C@H](CCC(=O)O)NC(=O)[C@@H](N)CCCNC(=N)N)C(=O)N[C@@H](CCCNC(=N)N)C(=O)N[C@@H](Cc1c[nH]cn1)C(=O)N[C@@H](CCCNC(=N)N)C(=O)N[C@@H](CCCNC(=N)N)C(=O)O. The molecule has 2 heterocycles. The van der Waals surface area contributed by atoms with Crippen molar-refractivity contribution >= 4 is 113 Å². The number of hydrogen-bond donors (Lipinski definition) is 32. The maximum atomic E-state index is 14.7. The van der Waals surface area contributed by atoms with E-state index in [4.69, 9.17) is 61.4 Å². The van der Waals surface area contributed by atoms with E-state index in [2.05, 4.69) is 99.7 Å². The lowest BCUT2D eigenvalue weighted by molar-refractivity contribution is -0.142. The van der Waals surface area contributed by atoms with Gasteiger partial charge in [0.1, 0.15) is 60.4 Å². The second-order valence-electron chi connectivity index (χ2n) is 25.6. The number of rotatable bonds is 55. The van der Waals surface area contributed by atoms with Crippen molar-refractivity contribution in [2.45, 2.75) is 196 Å². The zero-order valence-corrected chi connectivity index (χ0v) is 60.9. The minimum absolute atomic E-state index is 0.00189. The molecule has 48 heteroatoms. The van der Waals surface area contributed by atoms with Crippen molar-refractivity contribution in [1.29, 1.82) is 27.0 Å². The molecule has 2 rings (SSSR count). The quantitative estimate of drug-likeness (QED) is 0.0166. The van der Waals surface area contributed by atoms with Crippen molar-refractivity contribution in [3.63, 3.8) is 0 Å². The summed E-state index contributed by atoms with van der Waals surface area (Å²) in [7, 11) is 0. The topological polar surface area (TPSA) is 833 Å². The van der Waals surface area contributed by atoms with Crippen LogP contribution in [0, 0.1) is 33.0 Å². The van der Waals surface area contributed by atoms with Gasteiger partial charge >= 0.3 is 23.9 Å². The molecule has 612 valence electrons. The van der Waals surface area contributed by atoms with Crippen LogP contribution in [0.2, 0.25) is 0 Å². The minimum Gasteiger partial charge on any atom is -0.481 e. The van der Waals surface area contributed by atoms with Gasteiger partial charge in [-0.2, -0.15) is 0 Å². The van der Waals surface area contributed by atoms with Gasteiger partial charge in [-0.15, -0.1) is 0 Å². The smallest absolute Gasteiger partial charge is 0.326 e. The summed E-state index contributed by atoms with van der Waals surface area (Å²) in [5.74, 6) is -19.7. The molecule has 0 spiro atoms. The van der Waals surface area contributed by atoms with Crippen LogP contribution in [0.3, 0.4) is 0 Å². The summed E-state index contributed by atoms with van der Waals surface area (Å²) < 4.78 is 0. The number of H-pyrrole nitrogens is 2. The highest BCUT2D eigenvalue weighted by Gasteiger charge is 2.38. The first-order chi connectivity index (χ1) is 51.8. The van der Waals surface area contributed by atoms with Crippen LogP contribution in [0.4, 0.5) is 0 Å². The highest BCUT2D eigenvalue weighted by atomic mass is 16.4. The fourth-order valence-corrected chi connectivity index (χ4v) is 10.4. The predicted molar refractivity (Wildman–Crippen MR) is 391 cm³/mol. The van der Waals surface area contributed by atoms with Crippen LogP contribution in [0.15, 0.2) is 25.0 Å². The van der Waals surface area contributed by atoms with E-state index in [1.165, 1.54) is 25.0 Å². The number of aromatic nitrogens is 4. The number of carbonyl (C=O) groups is 14. The van der Waals surface area contributed by atoms with Gasteiger partial charge in [-0.1, -0.05) is 13.8 Å². The van der Waals surface area contributed by atoms with Gasteiger partial charge in [-0.3, -0.25) is 89.4 Å². The van der Waals surface area contributed by atoms with Crippen LogP contribution in [0.25, 0.3) is 0 Å². The Hall–Kier alpha value is -12.7. The molecule has 0 fully saturated rings. The second kappa shape index (κ2) is 50.0. The average molecular weight is 1560 g/mol. The number of nitrogens with two attached hydrogens (primary N) is 6. The average Bonchev–Trinajstić information content (AvgIpc) is 0.981. The Bertz CT molecular complexity index is 3450. The maximum Gasteiger partial charge on any atom is 0.326 e. The molecule has 0 saturated carbocycles. The van der Waals surface area contributed by atoms with E-state index in [0.29, 0.717) is 0 Å². The van der Waals surface area contributed by atoms with Crippen LogP contribution < -0.4 is 114 Å². The molecule has 0 radical (unpaired) electrons. The Kier molecular flexibility index (Phi) is 42.4. The first kappa shape index (κ1) is 93.4. The van der Waals surface area contributed by atoms with Crippen LogP contribution in [0.5, 0.6) is 0 Å². The number of hydrogen-bond acceptors (Lipinski definition) is 22. The van der Waals surface area contributed by atoms with Gasteiger partial charge in [0.15, 0.2) is 29.8 Å². The fraction of sp³-hybridized carbons (Fsp3) is 0.597. The van der Waals surface area contributed by atoms with Gasteiger partial charge in [0.25, 0.3) is 0 Å². The monoisotopic (exact) mass is 1560 g/mol. The number of nitrogens with one attached hydrogen (secondary N) is 22. The lowest BCUT2D eigenvalue weighted by atomic mass is 10.0. The first-order valence-corrected chi connectivity index (χ1v) is 34.9. The van der Waals surface area contributed by atoms with E-state index in [-0.39, 0.29) is 133 Å². The van der Waals surface area contributed by atoms with E-state index in [0.717, 1.165) is 0 Å². The Morgan fingerprint density at radius 1 is 0.364 bits per heavy atom. The van der Waals surface area contributed by atoms with Gasteiger partial charge < -0.3 is 145 Å². The molecule has 38 N–H and O–H groups in total. The van der Waals surface area contributed by atoms with E-state index in [1.54, 1.807) is 13.8 Å². The van der Waals surface area contributed by atoms with E-state index in [1.807, 2.05) is 0 Å². The third-order valence-electron chi connectivity index (χ3n) is 15.9. The van der Waals surface area contributed by atoms with E-state index < -0.39 is 212 Å². The first-order valence-electron chi connectivity index (χ1n) is 34.9. The molecule has 110 heavy (non-hydrogen) atoms. The number of carboxylic acid groups (broad SMARTS) is 4. The van der Waals surface area contributed by atoms with Crippen molar-refractivity contribution < 1.29 is 87.5 Å². The summed E-state index contributed by atoms with van der Waals surface area (Å²) in [6.45, 7) is 3.39. The van der Waals surface area contributed by atoms with Gasteiger partial charge in [0, 0.05) is 70.8 Å². The largest absolute Gasteiger partial charge is 0.481 e. The standard InChI is InChI=1S/C62H106N30O18/c1-30(2)22-40(53(105)85-36(11-6-20-79-61(70)71)49(101)90-41(23-31-26-74-28-81-31)54(106)86-34(9-4-18-77-59(66)67)48(100)88-39(57(109)110)12-7-21-80-62(72)73)89-52(104)38(14-16-45(95)96)87-55(107)42(24-32-27-75-29-82-32)91-56(108)43(25-46(97)98)92-50(102)35(10-5-19-78-60(68)69)84-51(103)37(13-15-44(93)94)83-47(99)33(63)8-3-17-76-58(64)65/h26-30,33-43H,3-25,63H2,1-2H3,(H,74,81)(H,75,82)(H,83,99)(H,84,103)(H,85,105)(H,86,106)(H,87,107)(H,88,100)(H,89,104)(H,90,101)(H,91,108)(H,92,102)(H,93,94)(H,95,96)(H,97,98)(H,109,110)(H4,64,65,76)(H4,66,67,77)(H4,68,69,78)(H4,70,71,79)(H4,72,73,80)/t33-,34-,35-,36-,37-,38-,39-,40-,41-,42-,43-/m0/s1. The zero-order chi connectivity index (χ0) is 82.6. The third-order valence-corrected chi connectivity index (χ3v) is 15.9. The lowest BCUT2D eigenvalue weighted by Gasteiger charge is -2.28. The van der Waals surface area contributed by atoms with Crippen LogP contribution in [-0.2, 0) is 80.0 Å². The number of carbonyl (C=O) groups excluding carboxylic acids is 10. The molecule has 0 bridgehead atoms. The third kappa shape index (κ3) is 39.6. The van der Waals surface area contributed by atoms with Crippen LogP contribution >= 0.6 is 0 Å². The van der Waals surface area contributed by atoms with Gasteiger partial charge in [0.2, 0.25) is 59.1 Å². The minimum atomic E-state index is -2.11. The molecule has 0 aliphatic heterocycles. The van der Waals surface area contributed by atoms with Crippen molar-refractivity contribution in [3.05, 3.63) is 36.4 Å². The number of aromatic amines is 2. The summed E-state index contributed by atoms with van der Waals surface area (Å²) in [5, 5.41) is 114. The Morgan fingerprint density at radius 3 is 0.927 bits per heavy atom. The van der Waals surface area contributed by atoms with Crippen LogP contribution in [0.1, 0.15) is 128 Å². The Balaban J connectivity index is 2.64. The zero-order valence-electron chi connectivity index (χ0n) is 60.9. The summed E-state index contributed by atoms with van der Waals surface area (Å²) in [5.41, 5.74) is 33.3. The molecule has 2 aromatic heterocycles. The van der Waals surface area contributed by atoms with E-state index in [9.17, 15) is 87.5 Å². The number of amides is 10. The highest BCUT2D eigenvalue weighted by Crippen LogP contribution is 2.13. The highest BCUT2D eigenvalue weighted by molar-refractivity contribution is 6.00. The van der Waals surface area contributed by atoms with Gasteiger partial charge in [-0.25, -0.2) is 14.8 Å². The number of nitrogens with zero attached hydrogens (tertiary/aromatic N) is 2. The molecule has 0 aliphatic carbocycles. The number of aliphatic carboxylic acids is 4. The second-order valence-corrected chi connectivity index (χ2v) is 25.6. The number of guanidine groups is 5. The molecule has 2 aromatic rings. The molecule has 10 amide bonds. The molecule has 0 aliphatic rings. The Morgan fingerprint density at radius 2 is 0.627 bits per heavy atom. The number of carboxylic acids is 4. The summed E-state index contributed by atoms with van der Waals surface area (Å²) in [6, 6.07) is -18.4. The van der Waals surface area contributed by atoms with Gasteiger partial charge in [-0.05, 0) is 89.4 Å². The molecule has 0 unspecified atom stereocenters. The van der Waals surface area contributed by atoms with Gasteiger partial charge in [0.05, 0.1) is 36.5 Å². The summed E-state index contributed by atoms with van der Waals surface area (Å²) in [6.07, 6.45) is -0.548.